The number of hydrogen-bond acceptors (Lipinski definition) is 6. The lowest BCUT2D eigenvalue weighted by molar-refractivity contribution is -0.140. The van der Waals surface area contributed by atoms with Gasteiger partial charge in [-0.05, 0) is 13.0 Å². The number of ether oxygens (including phenoxy) is 2. The molecule has 0 aliphatic heterocycles. The number of rotatable bonds is 7. The molecule has 0 bridgehead atoms. The molecule has 0 heterocycles. The smallest absolute Gasteiger partial charge is 0.307 e. The minimum atomic E-state index is -0.282. The second-order valence-electron chi connectivity index (χ2n) is 4.70. The molecule has 1 aromatic carbocycles. The summed E-state index contributed by atoms with van der Waals surface area (Å²) in [6, 6.07) is 3.40. The van der Waals surface area contributed by atoms with Crippen LogP contribution in [-0.2, 0) is 14.3 Å². The lowest BCUT2D eigenvalue weighted by Gasteiger charge is -2.26. The largest absolute Gasteiger partial charge is 0.495 e. The van der Waals surface area contributed by atoms with E-state index in [4.69, 9.17) is 10.5 Å². The van der Waals surface area contributed by atoms with Crippen molar-refractivity contribution in [3.05, 3.63) is 12.1 Å². The highest BCUT2D eigenvalue weighted by atomic mass is 16.5. The molecule has 7 nitrogen and oxygen atoms in total. The fourth-order valence-corrected chi connectivity index (χ4v) is 2.07. The minimum absolute atomic E-state index is 0.208. The van der Waals surface area contributed by atoms with Crippen LogP contribution in [0.5, 0.6) is 5.75 Å². The topological polar surface area (TPSA) is 93.9 Å². The van der Waals surface area contributed by atoms with Crippen LogP contribution in [0.15, 0.2) is 12.1 Å². The number of nitrogens with two attached hydrogens (primary N) is 1. The SMILES string of the molecule is CCN(CCC(=O)OC)c1cc(NC(C)=O)c(N)cc1OC. The fourth-order valence-electron chi connectivity index (χ4n) is 2.07. The number of esters is 1. The number of benzene rings is 1. The Hall–Kier alpha value is -2.44. The maximum absolute atomic E-state index is 11.3. The molecule has 0 aliphatic rings. The summed E-state index contributed by atoms with van der Waals surface area (Å²) in [5, 5.41) is 2.68. The van der Waals surface area contributed by atoms with Gasteiger partial charge in [0.1, 0.15) is 5.75 Å². The van der Waals surface area contributed by atoms with E-state index in [0.29, 0.717) is 30.2 Å². The summed E-state index contributed by atoms with van der Waals surface area (Å²) in [4.78, 5) is 24.5. The highest BCUT2D eigenvalue weighted by Gasteiger charge is 2.16. The number of carbonyl (C=O) groups excluding carboxylic acids is 2. The van der Waals surface area contributed by atoms with E-state index >= 15 is 0 Å². The van der Waals surface area contributed by atoms with Crippen molar-refractivity contribution in [1.29, 1.82) is 0 Å². The molecule has 7 heteroatoms. The van der Waals surface area contributed by atoms with E-state index in [1.807, 2.05) is 11.8 Å². The van der Waals surface area contributed by atoms with Crippen LogP contribution in [-0.4, -0.2) is 39.2 Å². The average Bonchev–Trinajstić information content (AvgIpc) is 2.49. The summed E-state index contributed by atoms with van der Waals surface area (Å²) in [6.07, 6.45) is 0.257. The zero-order chi connectivity index (χ0) is 16.7. The monoisotopic (exact) mass is 309 g/mol. The maximum atomic E-state index is 11.3. The predicted octanol–water partition coefficient (Wildman–Crippen LogP) is 1.63. The van der Waals surface area contributed by atoms with E-state index in [9.17, 15) is 9.59 Å². The second kappa shape index (κ2) is 8.11. The van der Waals surface area contributed by atoms with Crippen molar-refractivity contribution in [3.8, 4) is 5.75 Å². The van der Waals surface area contributed by atoms with Gasteiger partial charge in [0, 0.05) is 26.1 Å². The van der Waals surface area contributed by atoms with Crippen molar-refractivity contribution in [2.75, 3.05) is 43.3 Å². The molecular formula is C15H23N3O4. The van der Waals surface area contributed by atoms with Gasteiger partial charge in [0.25, 0.3) is 0 Å². The number of nitrogens with one attached hydrogen (secondary N) is 1. The molecule has 0 atom stereocenters. The molecule has 1 aromatic rings. The standard InChI is InChI=1S/C15H23N3O4/c1-5-18(7-6-15(20)22-4)13-9-12(17-10(2)19)11(16)8-14(13)21-3/h8-9H,5-7,16H2,1-4H3,(H,17,19). The van der Waals surface area contributed by atoms with Gasteiger partial charge >= 0.3 is 5.97 Å². The number of hydrogen-bond donors (Lipinski definition) is 2. The third-order valence-electron chi connectivity index (χ3n) is 3.20. The summed E-state index contributed by atoms with van der Waals surface area (Å²) in [5.41, 5.74) is 7.60. The van der Waals surface area contributed by atoms with E-state index < -0.39 is 0 Å². The van der Waals surface area contributed by atoms with Crippen molar-refractivity contribution in [3.63, 3.8) is 0 Å². The molecule has 3 N–H and O–H groups in total. The van der Waals surface area contributed by atoms with Crippen LogP contribution in [0.2, 0.25) is 0 Å². The number of amides is 1. The number of nitrogens with zero attached hydrogens (tertiary/aromatic N) is 1. The molecule has 122 valence electrons. The number of carbonyl (C=O) groups is 2. The van der Waals surface area contributed by atoms with Crippen LogP contribution in [0.25, 0.3) is 0 Å². The molecule has 22 heavy (non-hydrogen) atoms. The predicted molar refractivity (Wildman–Crippen MR) is 86.2 cm³/mol. The number of nitrogen functional groups attached to an aromatic ring is 1. The highest BCUT2D eigenvalue weighted by Crippen LogP contribution is 2.35. The Morgan fingerprint density at radius 2 is 2.00 bits per heavy atom. The van der Waals surface area contributed by atoms with E-state index in [2.05, 4.69) is 10.1 Å². The Labute approximate surface area is 130 Å². The number of methoxy groups -OCH3 is 2. The van der Waals surface area contributed by atoms with Crippen molar-refractivity contribution < 1.29 is 19.1 Å². The van der Waals surface area contributed by atoms with Crippen LogP contribution in [0, 0.1) is 0 Å². The summed E-state index contributed by atoms with van der Waals surface area (Å²) >= 11 is 0. The van der Waals surface area contributed by atoms with Crippen molar-refractivity contribution >= 4 is 28.9 Å². The second-order valence-corrected chi connectivity index (χ2v) is 4.70. The Morgan fingerprint density at radius 3 is 2.50 bits per heavy atom. The first-order chi connectivity index (χ1) is 10.4. The average molecular weight is 309 g/mol. The minimum Gasteiger partial charge on any atom is -0.495 e. The molecule has 0 unspecified atom stereocenters. The lowest BCUT2D eigenvalue weighted by Crippen LogP contribution is -2.27. The maximum Gasteiger partial charge on any atom is 0.307 e. The third-order valence-corrected chi connectivity index (χ3v) is 3.20. The molecule has 1 rings (SSSR count). The van der Waals surface area contributed by atoms with Gasteiger partial charge < -0.3 is 25.4 Å². The zero-order valence-electron chi connectivity index (χ0n) is 13.4. The first kappa shape index (κ1) is 17.6. The Kier molecular flexibility index (Phi) is 6.49. The summed E-state index contributed by atoms with van der Waals surface area (Å²) in [5.74, 6) is 0.0914. The Morgan fingerprint density at radius 1 is 1.32 bits per heavy atom. The van der Waals surface area contributed by atoms with Crippen molar-refractivity contribution in [2.24, 2.45) is 0 Å². The van der Waals surface area contributed by atoms with Gasteiger partial charge in [-0.25, -0.2) is 0 Å². The Bertz CT molecular complexity index is 546. The Balaban J connectivity index is 3.11. The van der Waals surface area contributed by atoms with Gasteiger partial charge in [-0.2, -0.15) is 0 Å². The molecule has 0 saturated carbocycles. The summed E-state index contributed by atoms with van der Waals surface area (Å²) in [7, 11) is 2.90. The molecule has 0 radical (unpaired) electrons. The van der Waals surface area contributed by atoms with E-state index in [1.54, 1.807) is 19.2 Å². The van der Waals surface area contributed by atoms with Gasteiger partial charge in [0.05, 0.1) is 37.7 Å². The first-order valence-electron chi connectivity index (χ1n) is 6.99. The van der Waals surface area contributed by atoms with E-state index in [0.717, 1.165) is 5.69 Å². The van der Waals surface area contributed by atoms with Gasteiger partial charge in [-0.3, -0.25) is 9.59 Å². The van der Waals surface area contributed by atoms with Crippen molar-refractivity contribution in [2.45, 2.75) is 20.3 Å². The van der Waals surface area contributed by atoms with Crippen LogP contribution < -0.4 is 20.7 Å². The molecule has 0 aromatic heterocycles. The first-order valence-corrected chi connectivity index (χ1v) is 6.99. The molecule has 0 aliphatic carbocycles. The molecule has 1 amide bonds. The third kappa shape index (κ3) is 4.54. The summed E-state index contributed by atoms with van der Waals surface area (Å²) < 4.78 is 10.0. The zero-order valence-corrected chi connectivity index (χ0v) is 13.4. The summed E-state index contributed by atoms with van der Waals surface area (Å²) in [6.45, 7) is 4.52. The lowest BCUT2D eigenvalue weighted by atomic mass is 10.2. The van der Waals surface area contributed by atoms with Crippen LogP contribution in [0.4, 0.5) is 17.1 Å². The number of anilines is 3. The van der Waals surface area contributed by atoms with Gasteiger partial charge in [-0.1, -0.05) is 0 Å². The van der Waals surface area contributed by atoms with Crippen LogP contribution >= 0.6 is 0 Å². The van der Waals surface area contributed by atoms with Gasteiger partial charge in [-0.15, -0.1) is 0 Å². The van der Waals surface area contributed by atoms with Crippen LogP contribution in [0.1, 0.15) is 20.3 Å². The van der Waals surface area contributed by atoms with Gasteiger partial charge in [0.2, 0.25) is 5.91 Å². The molecular weight excluding hydrogens is 286 g/mol. The molecule has 0 fully saturated rings. The van der Waals surface area contributed by atoms with Crippen LogP contribution in [0.3, 0.4) is 0 Å². The molecule has 0 spiro atoms. The van der Waals surface area contributed by atoms with Gasteiger partial charge in [0.15, 0.2) is 0 Å². The van der Waals surface area contributed by atoms with E-state index in [-0.39, 0.29) is 18.3 Å². The fraction of sp³-hybridized carbons (Fsp3) is 0.467. The normalized spacial score (nSPS) is 10.0. The molecule has 0 saturated heterocycles. The van der Waals surface area contributed by atoms with E-state index in [1.165, 1.54) is 14.0 Å². The highest BCUT2D eigenvalue weighted by molar-refractivity contribution is 5.94. The van der Waals surface area contributed by atoms with Crippen molar-refractivity contribution in [1.82, 2.24) is 0 Å². The quantitative estimate of drug-likeness (QED) is 0.587.